The van der Waals surface area contributed by atoms with Crippen LogP contribution in [0, 0.1) is 16.0 Å². The fraction of sp³-hybridized carbons (Fsp3) is 0.588. The van der Waals surface area contributed by atoms with Crippen LogP contribution in [0.2, 0.25) is 0 Å². The number of halogens is 3. The lowest BCUT2D eigenvalue weighted by atomic mass is 10.0. The van der Waals surface area contributed by atoms with Gasteiger partial charge in [-0.15, -0.1) is 13.2 Å². The first kappa shape index (κ1) is 20.2. The molecule has 28 heavy (non-hydrogen) atoms. The summed E-state index contributed by atoms with van der Waals surface area (Å²) in [7, 11) is 1.75. The van der Waals surface area contributed by atoms with Gasteiger partial charge in [-0.05, 0) is 36.5 Å². The molecule has 11 heteroatoms. The molecule has 1 N–H and O–H groups in total. The van der Waals surface area contributed by atoms with Crippen LogP contribution >= 0.6 is 0 Å². The molecule has 2 aliphatic rings. The number of nitrogens with zero attached hydrogens (tertiary/aromatic N) is 3. The second kappa shape index (κ2) is 8.21. The highest BCUT2D eigenvalue weighted by molar-refractivity contribution is 5.74. The number of hydrogen-bond donors (Lipinski definition) is 1. The van der Waals surface area contributed by atoms with Crippen LogP contribution in [0.1, 0.15) is 18.4 Å². The lowest BCUT2D eigenvalue weighted by Crippen LogP contribution is -2.56. The van der Waals surface area contributed by atoms with Crippen LogP contribution in [0.15, 0.2) is 29.3 Å². The van der Waals surface area contributed by atoms with E-state index in [1.807, 2.05) is 0 Å². The van der Waals surface area contributed by atoms with Crippen molar-refractivity contribution in [1.82, 2.24) is 10.2 Å². The highest BCUT2D eigenvalue weighted by Gasteiger charge is 2.43. The second-order valence-electron chi connectivity index (χ2n) is 6.89. The van der Waals surface area contributed by atoms with E-state index in [2.05, 4.69) is 15.0 Å². The molecule has 1 aromatic rings. The number of nitrogens with one attached hydrogen (secondary N) is 1. The average Bonchev–Trinajstić information content (AvgIpc) is 3.43. The molecule has 1 aromatic carbocycles. The molecule has 1 saturated heterocycles. The van der Waals surface area contributed by atoms with Gasteiger partial charge in [0.05, 0.1) is 6.04 Å². The molecule has 1 aliphatic heterocycles. The molecule has 1 heterocycles. The molecule has 0 amide bonds. The zero-order valence-electron chi connectivity index (χ0n) is 15.2. The van der Waals surface area contributed by atoms with Gasteiger partial charge in [-0.25, -0.2) is 0 Å². The van der Waals surface area contributed by atoms with Gasteiger partial charge in [0.1, 0.15) is 11.9 Å². The first-order valence-corrected chi connectivity index (χ1v) is 8.83. The minimum absolute atomic E-state index is 0.0295. The zero-order valence-corrected chi connectivity index (χ0v) is 15.2. The molecule has 2 fully saturated rings. The van der Waals surface area contributed by atoms with Crippen molar-refractivity contribution in [3.8, 4) is 5.75 Å². The largest absolute Gasteiger partial charge is 0.573 e. The van der Waals surface area contributed by atoms with Crippen molar-refractivity contribution in [3.63, 3.8) is 0 Å². The molecule has 2 unspecified atom stereocenters. The van der Waals surface area contributed by atoms with E-state index in [1.54, 1.807) is 24.1 Å². The molecule has 0 radical (unpaired) electrons. The molecule has 0 spiro atoms. The third-order valence-corrected chi connectivity index (χ3v) is 4.57. The van der Waals surface area contributed by atoms with E-state index in [0.717, 1.165) is 18.4 Å². The second-order valence-corrected chi connectivity index (χ2v) is 6.89. The molecule has 3 rings (SSSR count). The Hall–Kier alpha value is -2.56. The molecule has 2 atom stereocenters. The van der Waals surface area contributed by atoms with Gasteiger partial charge in [0, 0.05) is 25.1 Å². The van der Waals surface area contributed by atoms with Crippen molar-refractivity contribution >= 4 is 6.02 Å². The number of benzene rings is 1. The number of amidine groups is 1. The molecule has 1 saturated carbocycles. The number of likely N-dealkylation sites (N-methyl/N-ethyl adjacent to an activating group) is 1. The van der Waals surface area contributed by atoms with Crippen LogP contribution in [0.25, 0.3) is 0 Å². The predicted octanol–water partition coefficient (Wildman–Crippen LogP) is 2.37. The number of rotatable bonds is 7. The molecule has 0 aromatic heterocycles. The maximum absolute atomic E-state index is 12.2. The van der Waals surface area contributed by atoms with E-state index < -0.39 is 18.0 Å². The highest BCUT2D eigenvalue weighted by atomic mass is 19.4. The van der Waals surface area contributed by atoms with Gasteiger partial charge in [-0.3, -0.25) is 10.1 Å². The Morgan fingerprint density at radius 1 is 1.36 bits per heavy atom. The monoisotopic (exact) mass is 402 g/mol. The molecular weight excluding hydrogens is 381 g/mol. The average molecular weight is 402 g/mol. The summed E-state index contributed by atoms with van der Waals surface area (Å²) in [6.45, 7) is 0.466. The standard InChI is InChI=1S/C17H21F3N4O4/c1-23-9-14(15(12-4-5-12)27-16(23)22-10-24(25)26)21-8-11-2-6-13(7-3-11)28-17(18,19)20/h2-3,6-7,12,14-15,21H,4-5,8-10H2,1H3/b22-16+. The first-order chi connectivity index (χ1) is 13.2. The molecule has 0 bridgehead atoms. The summed E-state index contributed by atoms with van der Waals surface area (Å²) < 4.78 is 46.5. The lowest BCUT2D eigenvalue weighted by Gasteiger charge is -2.39. The van der Waals surface area contributed by atoms with Gasteiger partial charge in [0.25, 0.3) is 12.7 Å². The Morgan fingerprint density at radius 2 is 2.04 bits per heavy atom. The molecule has 1 aliphatic carbocycles. The van der Waals surface area contributed by atoms with Crippen molar-refractivity contribution < 1.29 is 27.6 Å². The third kappa shape index (κ3) is 5.72. The predicted molar refractivity (Wildman–Crippen MR) is 93.3 cm³/mol. The fourth-order valence-electron chi connectivity index (χ4n) is 3.14. The fourth-order valence-corrected chi connectivity index (χ4v) is 3.14. The Morgan fingerprint density at radius 3 is 2.61 bits per heavy atom. The van der Waals surface area contributed by atoms with E-state index >= 15 is 0 Å². The quantitative estimate of drug-likeness (QED) is 0.557. The van der Waals surface area contributed by atoms with Crippen molar-refractivity contribution in [1.29, 1.82) is 0 Å². The van der Waals surface area contributed by atoms with Gasteiger partial charge < -0.3 is 19.7 Å². The highest BCUT2D eigenvalue weighted by Crippen LogP contribution is 2.37. The van der Waals surface area contributed by atoms with Gasteiger partial charge in [-0.2, -0.15) is 4.99 Å². The summed E-state index contributed by atoms with van der Waals surface area (Å²) in [6.07, 6.45) is -2.80. The van der Waals surface area contributed by atoms with E-state index in [9.17, 15) is 23.3 Å². The number of alkyl halides is 3. The van der Waals surface area contributed by atoms with Crippen molar-refractivity contribution in [2.45, 2.75) is 37.9 Å². The van der Waals surface area contributed by atoms with Crippen molar-refractivity contribution in [2.24, 2.45) is 10.9 Å². The van der Waals surface area contributed by atoms with Gasteiger partial charge in [-0.1, -0.05) is 12.1 Å². The van der Waals surface area contributed by atoms with E-state index in [0.29, 0.717) is 19.0 Å². The maximum atomic E-state index is 12.2. The summed E-state index contributed by atoms with van der Waals surface area (Å²) >= 11 is 0. The van der Waals surface area contributed by atoms with Crippen LogP contribution in [-0.2, 0) is 11.3 Å². The van der Waals surface area contributed by atoms with Crippen LogP contribution in [0.4, 0.5) is 13.2 Å². The molecule has 8 nitrogen and oxygen atoms in total. The summed E-state index contributed by atoms with van der Waals surface area (Å²) in [5.41, 5.74) is 0.805. The van der Waals surface area contributed by atoms with Crippen LogP contribution < -0.4 is 10.1 Å². The van der Waals surface area contributed by atoms with Crippen LogP contribution in [0.3, 0.4) is 0 Å². The SMILES string of the molecule is CN1CC(NCc2ccc(OC(F)(F)F)cc2)C(C2CC2)O/C1=N/C[N+](=O)[O-]. The van der Waals surface area contributed by atoms with E-state index in [-0.39, 0.29) is 23.9 Å². The van der Waals surface area contributed by atoms with Crippen LogP contribution in [0.5, 0.6) is 5.75 Å². The first-order valence-electron chi connectivity index (χ1n) is 8.83. The summed E-state index contributed by atoms with van der Waals surface area (Å²) in [5.74, 6) is 0.106. The maximum Gasteiger partial charge on any atom is 0.573 e. The topological polar surface area (TPSA) is 89.2 Å². The number of nitro groups is 1. The lowest BCUT2D eigenvalue weighted by molar-refractivity contribution is -0.478. The zero-order chi connectivity index (χ0) is 20.3. The third-order valence-electron chi connectivity index (χ3n) is 4.57. The Labute approximate surface area is 159 Å². The number of hydrogen-bond acceptors (Lipinski definition) is 6. The Balaban J connectivity index is 1.59. The minimum Gasteiger partial charge on any atom is -0.460 e. The van der Waals surface area contributed by atoms with E-state index in [4.69, 9.17) is 4.74 Å². The molecule has 154 valence electrons. The van der Waals surface area contributed by atoms with Gasteiger partial charge in [0.15, 0.2) is 0 Å². The normalized spacial score (nSPS) is 24.1. The van der Waals surface area contributed by atoms with Crippen LogP contribution in [-0.4, -0.2) is 54.6 Å². The Bertz CT molecular complexity index is 722. The number of ether oxygens (including phenoxy) is 2. The summed E-state index contributed by atoms with van der Waals surface area (Å²) in [6, 6.07) is 5.91. The van der Waals surface area contributed by atoms with Gasteiger partial charge in [0.2, 0.25) is 0 Å². The van der Waals surface area contributed by atoms with Crippen molar-refractivity contribution in [2.75, 3.05) is 20.3 Å². The van der Waals surface area contributed by atoms with Crippen molar-refractivity contribution in [3.05, 3.63) is 39.9 Å². The van der Waals surface area contributed by atoms with E-state index in [1.165, 1.54) is 12.1 Å². The smallest absolute Gasteiger partial charge is 0.460 e. The summed E-state index contributed by atoms with van der Waals surface area (Å²) in [5, 5.41) is 13.9. The number of aliphatic imine (C=N–C) groups is 1. The minimum atomic E-state index is -4.71. The Kier molecular flexibility index (Phi) is 5.92. The van der Waals surface area contributed by atoms with Gasteiger partial charge >= 0.3 is 6.36 Å². The summed E-state index contributed by atoms with van der Waals surface area (Å²) in [4.78, 5) is 15.6. The molecular formula is C17H21F3N4O4.